The van der Waals surface area contributed by atoms with Gasteiger partial charge in [-0.1, -0.05) is 42.5 Å². The highest BCUT2D eigenvalue weighted by atomic mass is 16.6. The molecule has 0 aliphatic carbocycles. The summed E-state index contributed by atoms with van der Waals surface area (Å²) in [6.07, 6.45) is -0.552. The Hall–Kier alpha value is -3.34. The molecule has 150 valence electrons. The van der Waals surface area contributed by atoms with E-state index in [0.29, 0.717) is 17.8 Å². The summed E-state index contributed by atoms with van der Waals surface area (Å²) in [4.78, 5) is 27.1. The summed E-state index contributed by atoms with van der Waals surface area (Å²) in [6, 6.07) is 20.8. The third-order valence-electron chi connectivity index (χ3n) is 4.37. The van der Waals surface area contributed by atoms with Gasteiger partial charge >= 0.3 is 6.09 Å². The van der Waals surface area contributed by atoms with Crippen molar-refractivity contribution in [2.45, 2.75) is 33.3 Å². The molecule has 0 radical (unpaired) electrons. The Kier molecular flexibility index (Phi) is 5.87. The van der Waals surface area contributed by atoms with Crippen LogP contribution in [0.1, 0.15) is 38.1 Å². The molecule has 0 atom stereocenters. The average Bonchev–Trinajstić information content (AvgIpc) is 2.67. The van der Waals surface area contributed by atoms with Crippen molar-refractivity contribution in [3.8, 4) is 0 Å². The first-order valence-electron chi connectivity index (χ1n) is 9.68. The molecule has 3 aromatic rings. The van der Waals surface area contributed by atoms with Crippen LogP contribution in [0.15, 0.2) is 66.7 Å². The largest absolute Gasteiger partial charge is 0.444 e. The van der Waals surface area contributed by atoms with Crippen LogP contribution in [0.5, 0.6) is 0 Å². The molecular formula is C24H26N2O3. The van der Waals surface area contributed by atoms with Gasteiger partial charge in [-0.2, -0.15) is 0 Å². The van der Waals surface area contributed by atoms with Crippen molar-refractivity contribution in [3.05, 3.63) is 72.3 Å². The summed E-state index contributed by atoms with van der Waals surface area (Å²) in [5, 5.41) is 4.79. The zero-order chi connectivity index (χ0) is 21.0. The van der Waals surface area contributed by atoms with Crippen LogP contribution in [0.25, 0.3) is 10.8 Å². The number of rotatable bonds is 4. The SMILES string of the molecule is CCN(C(=O)c1cccc(NC(=O)OC(C)(C)C)c1)c1cccc2ccccc12. The third-order valence-corrected chi connectivity index (χ3v) is 4.37. The van der Waals surface area contributed by atoms with Gasteiger partial charge in [-0.3, -0.25) is 10.1 Å². The summed E-state index contributed by atoms with van der Waals surface area (Å²) >= 11 is 0. The number of fused-ring (bicyclic) bond motifs is 1. The van der Waals surface area contributed by atoms with Gasteiger partial charge in [0.25, 0.3) is 5.91 Å². The average molecular weight is 390 g/mol. The maximum atomic E-state index is 13.3. The summed E-state index contributed by atoms with van der Waals surface area (Å²) in [6.45, 7) is 7.88. The Bertz CT molecular complexity index is 1030. The van der Waals surface area contributed by atoms with Crippen LogP contribution >= 0.6 is 0 Å². The van der Waals surface area contributed by atoms with Crippen molar-refractivity contribution in [1.29, 1.82) is 0 Å². The molecule has 29 heavy (non-hydrogen) atoms. The Morgan fingerprint density at radius 2 is 1.66 bits per heavy atom. The molecule has 5 heteroatoms. The zero-order valence-corrected chi connectivity index (χ0v) is 17.2. The fourth-order valence-electron chi connectivity index (χ4n) is 3.17. The molecule has 5 nitrogen and oxygen atoms in total. The predicted octanol–water partition coefficient (Wildman–Crippen LogP) is 5.85. The van der Waals surface area contributed by atoms with Crippen molar-refractivity contribution in [3.63, 3.8) is 0 Å². The van der Waals surface area contributed by atoms with E-state index in [4.69, 9.17) is 4.74 Å². The third kappa shape index (κ3) is 4.93. The number of ether oxygens (including phenoxy) is 1. The van der Waals surface area contributed by atoms with E-state index in [1.54, 1.807) is 49.9 Å². The number of carbonyl (C=O) groups is 2. The molecule has 0 saturated heterocycles. The summed E-state index contributed by atoms with van der Waals surface area (Å²) in [5.74, 6) is -0.128. The monoisotopic (exact) mass is 390 g/mol. The van der Waals surface area contributed by atoms with Crippen LogP contribution in [0.3, 0.4) is 0 Å². The van der Waals surface area contributed by atoms with Gasteiger partial charge in [0.1, 0.15) is 5.60 Å². The van der Waals surface area contributed by atoms with E-state index in [1.807, 2.05) is 49.4 Å². The molecule has 0 bridgehead atoms. The molecule has 3 aromatic carbocycles. The highest BCUT2D eigenvalue weighted by Crippen LogP contribution is 2.28. The first-order chi connectivity index (χ1) is 13.8. The number of carbonyl (C=O) groups excluding carboxylic acids is 2. The number of benzene rings is 3. The Morgan fingerprint density at radius 1 is 0.966 bits per heavy atom. The minimum absolute atomic E-state index is 0.128. The van der Waals surface area contributed by atoms with Gasteiger partial charge in [-0.15, -0.1) is 0 Å². The van der Waals surface area contributed by atoms with Crippen LogP contribution in [0.2, 0.25) is 0 Å². The first kappa shape index (κ1) is 20.4. The van der Waals surface area contributed by atoms with E-state index in [-0.39, 0.29) is 5.91 Å². The van der Waals surface area contributed by atoms with Crippen LogP contribution in [0, 0.1) is 0 Å². The molecule has 0 heterocycles. The summed E-state index contributed by atoms with van der Waals surface area (Å²) in [5.41, 5.74) is 1.28. The van der Waals surface area contributed by atoms with Crippen molar-refractivity contribution in [2.24, 2.45) is 0 Å². The van der Waals surface area contributed by atoms with Crippen molar-refractivity contribution in [1.82, 2.24) is 0 Å². The van der Waals surface area contributed by atoms with Gasteiger partial charge < -0.3 is 9.64 Å². The summed E-state index contributed by atoms with van der Waals surface area (Å²) < 4.78 is 5.28. The molecular weight excluding hydrogens is 364 g/mol. The lowest BCUT2D eigenvalue weighted by Gasteiger charge is -2.23. The van der Waals surface area contributed by atoms with E-state index in [9.17, 15) is 9.59 Å². The molecule has 0 aliphatic rings. The number of nitrogens with zero attached hydrogens (tertiary/aromatic N) is 1. The smallest absolute Gasteiger partial charge is 0.412 e. The second-order valence-electron chi connectivity index (χ2n) is 7.76. The van der Waals surface area contributed by atoms with Crippen LogP contribution in [0.4, 0.5) is 16.2 Å². The maximum Gasteiger partial charge on any atom is 0.412 e. The standard InChI is InChI=1S/C24H26N2O3/c1-5-26(21-15-9-11-17-10-6-7-14-20(17)21)22(27)18-12-8-13-19(16-18)25-23(28)29-24(2,3)4/h6-16H,5H2,1-4H3,(H,25,28). The van der Waals surface area contributed by atoms with Crippen LogP contribution in [-0.4, -0.2) is 24.1 Å². The van der Waals surface area contributed by atoms with E-state index in [2.05, 4.69) is 5.32 Å². The zero-order valence-electron chi connectivity index (χ0n) is 17.2. The second kappa shape index (κ2) is 8.35. The van der Waals surface area contributed by atoms with E-state index >= 15 is 0 Å². The topological polar surface area (TPSA) is 58.6 Å². The van der Waals surface area contributed by atoms with Gasteiger partial charge in [0.15, 0.2) is 0 Å². The lowest BCUT2D eigenvalue weighted by Crippen LogP contribution is -2.31. The lowest BCUT2D eigenvalue weighted by molar-refractivity contribution is 0.0635. The quantitative estimate of drug-likeness (QED) is 0.607. The van der Waals surface area contributed by atoms with Crippen molar-refractivity contribution in [2.75, 3.05) is 16.8 Å². The van der Waals surface area contributed by atoms with Crippen molar-refractivity contribution < 1.29 is 14.3 Å². The van der Waals surface area contributed by atoms with Gasteiger partial charge in [0, 0.05) is 23.2 Å². The normalized spacial score (nSPS) is 11.2. The number of anilines is 2. The fraction of sp³-hybridized carbons (Fsp3) is 0.250. The number of amides is 2. The van der Waals surface area contributed by atoms with Gasteiger partial charge in [-0.05, 0) is 57.3 Å². The number of nitrogens with one attached hydrogen (secondary N) is 1. The van der Waals surface area contributed by atoms with Gasteiger partial charge in [0.2, 0.25) is 0 Å². The predicted molar refractivity (Wildman–Crippen MR) is 118 cm³/mol. The highest BCUT2D eigenvalue weighted by Gasteiger charge is 2.20. The molecule has 0 spiro atoms. The molecule has 0 aromatic heterocycles. The minimum Gasteiger partial charge on any atom is -0.444 e. The van der Waals surface area contributed by atoms with Crippen LogP contribution in [-0.2, 0) is 4.74 Å². The molecule has 0 unspecified atom stereocenters. The molecule has 0 aliphatic heterocycles. The van der Waals surface area contributed by atoms with E-state index in [1.165, 1.54) is 0 Å². The summed E-state index contributed by atoms with van der Waals surface area (Å²) in [7, 11) is 0. The van der Waals surface area contributed by atoms with Crippen molar-refractivity contribution >= 4 is 34.1 Å². The molecule has 2 amide bonds. The van der Waals surface area contributed by atoms with Crippen LogP contribution < -0.4 is 10.2 Å². The lowest BCUT2D eigenvalue weighted by atomic mass is 10.1. The Labute approximate surface area is 171 Å². The molecule has 3 rings (SSSR count). The molecule has 0 saturated carbocycles. The first-order valence-corrected chi connectivity index (χ1v) is 9.68. The minimum atomic E-state index is -0.592. The van der Waals surface area contributed by atoms with E-state index in [0.717, 1.165) is 16.5 Å². The number of hydrogen-bond acceptors (Lipinski definition) is 3. The Morgan fingerprint density at radius 3 is 2.38 bits per heavy atom. The Balaban J connectivity index is 1.88. The molecule has 0 fully saturated rings. The fourth-order valence-corrected chi connectivity index (χ4v) is 3.17. The highest BCUT2D eigenvalue weighted by molar-refractivity contribution is 6.11. The van der Waals surface area contributed by atoms with Gasteiger partial charge in [0.05, 0.1) is 5.69 Å². The van der Waals surface area contributed by atoms with E-state index < -0.39 is 11.7 Å². The maximum absolute atomic E-state index is 13.3. The molecule has 1 N–H and O–H groups in total. The second-order valence-corrected chi connectivity index (χ2v) is 7.76. The van der Waals surface area contributed by atoms with Gasteiger partial charge in [-0.25, -0.2) is 4.79 Å². The number of hydrogen-bond donors (Lipinski definition) is 1.